The van der Waals surface area contributed by atoms with Crippen molar-refractivity contribution in [3.8, 4) is 5.75 Å². The number of benzene rings is 1. The fourth-order valence-electron chi connectivity index (χ4n) is 2.55. The van der Waals surface area contributed by atoms with Crippen LogP contribution < -0.4 is 20.7 Å². The number of anilines is 1. The average molecular weight is 366 g/mol. The number of carbonyl (C=O) groups is 1. The summed E-state index contributed by atoms with van der Waals surface area (Å²) in [7, 11) is 3.20. The van der Waals surface area contributed by atoms with Gasteiger partial charge in [0.1, 0.15) is 11.8 Å². The molecule has 0 spiro atoms. The smallest absolute Gasteiger partial charge is 0.239 e. The van der Waals surface area contributed by atoms with Gasteiger partial charge in [0.25, 0.3) is 0 Å². The summed E-state index contributed by atoms with van der Waals surface area (Å²) in [6.07, 6.45) is 0.892. The zero-order chi connectivity index (χ0) is 15.2. The Morgan fingerprint density at radius 3 is 2.74 bits per heavy atom. The third kappa shape index (κ3) is 5.73. The van der Waals surface area contributed by atoms with E-state index >= 15 is 0 Å². The lowest BCUT2D eigenvalue weighted by Crippen LogP contribution is -2.48. The van der Waals surface area contributed by atoms with Gasteiger partial charge in [-0.1, -0.05) is 12.1 Å². The molecule has 8 heteroatoms. The van der Waals surface area contributed by atoms with E-state index in [1.165, 1.54) is 7.11 Å². The van der Waals surface area contributed by atoms with Crippen LogP contribution >= 0.6 is 24.8 Å². The maximum Gasteiger partial charge on any atom is 0.239 e. The number of ether oxygens (including phenoxy) is 2. The molecule has 0 saturated carbocycles. The number of nitrogens with one attached hydrogen (secondary N) is 1. The van der Waals surface area contributed by atoms with Crippen LogP contribution in [-0.4, -0.2) is 51.9 Å². The first-order chi connectivity index (χ1) is 10.2. The Morgan fingerprint density at radius 2 is 2.09 bits per heavy atom. The molecule has 1 aromatic carbocycles. The van der Waals surface area contributed by atoms with Crippen LogP contribution in [0, 0.1) is 0 Å². The number of nitrogens with zero attached hydrogens (tertiary/aromatic N) is 1. The van der Waals surface area contributed by atoms with Gasteiger partial charge in [-0.2, -0.15) is 0 Å². The van der Waals surface area contributed by atoms with E-state index < -0.39 is 6.04 Å². The second-order valence-electron chi connectivity index (χ2n) is 5.17. The molecule has 1 fully saturated rings. The lowest BCUT2D eigenvalue weighted by atomic mass is 10.2. The summed E-state index contributed by atoms with van der Waals surface area (Å²) in [4.78, 5) is 14.1. The fraction of sp³-hybridized carbons (Fsp3) is 0.533. The molecule has 3 N–H and O–H groups in total. The van der Waals surface area contributed by atoms with Crippen molar-refractivity contribution in [2.45, 2.75) is 18.5 Å². The molecule has 132 valence electrons. The van der Waals surface area contributed by atoms with Crippen molar-refractivity contribution in [3.63, 3.8) is 0 Å². The van der Waals surface area contributed by atoms with Gasteiger partial charge >= 0.3 is 0 Å². The number of hydrogen-bond donors (Lipinski definition) is 2. The number of amides is 1. The van der Waals surface area contributed by atoms with Gasteiger partial charge in [-0.15, -0.1) is 24.8 Å². The van der Waals surface area contributed by atoms with Crippen LogP contribution in [0.25, 0.3) is 0 Å². The van der Waals surface area contributed by atoms with E-state index in [-0.39, 0.29) is 43.4 Å². The molecule has 0 bridgehead atoms. The molecule has 6 nitrogen and oxygen atoms in total. The Balaban J connectivity index is 0.00000242. The van der Waals surface area contributed by atoms with Gasteiger partial charge in [0.2, 0.25) is 5.91 Å². The van der Waals surface area contributed by atoms with Crippen LogP contribution in [0.15, 0.2) is 24.3 Å². The van der Waals surface area contributed by atoms with Crippen LogP contribution in [-0.2, 0) is 9.53 Å². The first-order valence-corrected chi connectivity index (χ1v) is 7.08. The van der Waals surface area contributed by atoms with Gasteiger partial charge in [0, 0.05) is 26.2 Å². The van der Waals surface area contributed by atoms with E-state index in [0.29, 0.717) is 0 Å². The molecule has 1 aliphatic rings. The zero-order valence-electron chi connectivity index (χ0n) is 13.4. The van der Waals surface area contributed by atoms with E-state index in [1.807, 2.05) is 24.3 Å². The maximum atomic E-state index is 11.9. The van der Waals surface area contributed by atoms with E-state index in [9.17, 15) is 4.79 Å². The van der Waals surface area contributed by atoms with Crippen molar-refractivity contribution in [1.82, 2.24) is 5.32 Å². The third-order valence-electron chi connectivity index (χ3n) is 3.64. The molecule has 1 aromatic rings. The standard InChI is InChI=1S/C15H23N3O3.2ClH/c1-20-10-12(16)15(19)17-11-7-8-18(9-11)13-5-3-4-6-14(13)21-2;;/h3-6,11-12H,7-10,16H2,1-2H3,(H,17,19);2*1H. The predicted molar refractivity (Wildman–Crippen MR) is 96.1 cm³/mol. The van der Waals surface area contributed by atoms with Crippen molar-refractivity contribution >= 4 is 36.4 Å². The Morgan fingerprint density at radius 1 is 1.39 bits per heavy atom. The summed E-state index contributed by atoms with van der Waals surface area (Å²) in [5.74, 6) is 0.685. The minimum Gasteiger partial charge on any atom is -0.495 e. The minimum atomic E-state index is -0.615. The molecular formula is C15H25Cl2N3O3. The molecule has 2 rings (SSSR count). The monoisotopic (exact) mass is 365 g/mol. The van der Waals surface area contributed by atoms with Gasteiger partial charge in [-0.3, -0.25) is 4.79 Å². The second-order valence-corrected chi connectivity index (χ2v) is 5.17. The summed E-state index contributed by atoms with van der Waals surface area (Å²) in [5.41, 5.74) is 6.78. The summed E-state index contributed by atoms with van der Waals surface area (Å²) in [5, 5.41) is 2.97. The average Bonchev–Trinajstić information content (AvgIpc) is 2.95. The molecule has 1 amide bonds. The number of methoxy groups -OCH3 is 2. The molecule has 1 saturated heterocycles. The van der Waals surface area contributed by atoms with Crippen LogP contribution in [0.2, 0.25) is 0 Å². The SMILES string of the molecule is COCC(N)C(=O)NC1CCN(c2ccccc2OC)C1.Cl.Cl. The molecule has 0 radical (unpaired) electrons. The molecule has 1 heterocycles. The summed E-state index contributed by atoms with van der Waals surface area (Å²) in [6, 6.07) is 7.38. The lowest BCUT2D eigenvalue weighted by Gasteiger charge is -2.22. The van der Waals surface area contributed by atoms with Crippen molar-refractivity contribution in [2.24, 2.45) is 5.73 Å². The second kappa shape index (κ2) is 10.5. The third-order valence-corrected chi connectivity index (χ3v) is 3.64. The number of halogens is 2. The lowest BCUT2D eigenvalue weighted by molar-refractivity contribution is -0.124. The van der Waals surface area contributed by atoms with Crippen molar-refractivity contribution < 1.29 is 14.3 Å². The molecular weight excluding hydrogens is 341 g/mol. The minimum absolute atomic E-state index is 0. The van der Waals surface area contributed by atoms with E-state index in [2.05, 4.69) is 10.2 Å². The number of carbonyl (C=O) groups excluding carboxylic acids is 1. The molecule has 1 aliphatic heterocycles. The normalized spacial score (nSPS) is 17.7. The molecule has 0 aliphatic carbocycles. The van der Waals surface area contributed by atoms with Gasteiger partial charge in [0.15, 0.2) is 0 Å². The quantitative estimate of drug-likeness (QED) is 0.792. The number of rotatable bonds is 6. The largest absolute Gasteiger partial charge is 0.495 e. The fourth-order valence-corrected chi connectivity index (χ4v) is 2.55. The zero-order valence-corrected chi connectivity index (χ0v) is 15.0. The molecule has 0 aromatic heterocycles. The van der Waals surface area contributed by atoms with Gasteiger partial charge < -0.3 is 25.4 Å². The summed E-state index contributed by atoms with van der Waals surface area (Å²) < 4.78 is 10.3. The van der Waals surface area contributed by atoms with E-state index in [1.54, 1.807) is 7.11 Å². The van der Waals surface area contributed by atoms with Crippen molar-refractivity contribution in [3.05, 3.63) is 24.3 Å². The Hall–Kier alpha value is -1.21. The first-order valence-electron chi connectivity index (χ1n) is 7.08. The topological polar surface area (TPSA) is 76.8 Å². The van der Waals surface area contributed by atoms with Crippen LogP contribution in [0.3, 0.4) is 0 Å². The summed E-state index contributed by atoms with van der Waals surface area (Å²) >= 11 is 0. The van der Waals surface area contributed by atoms with Gasteiger partial charge in [0.05, 0.1) is 19.4 Å². The van der Waals surface area contributed by atoms with E-state index in [4.69, 9.17) is 15.2 Å². The highest BCUT2D eigenvalue weighted by atomic mass is 35.5. The maximum absolute atomic E-state index is 11.9. The van der Waals surface area contributed by atoms with Crippen LogP contribution in [0.4, 0.5) is 5.69 Å². The van der Waals surface area contributed by atoms with Crippen molar-refractivity contribution in [1.29, 1.82) is 0 Å². The Labute approximate surface area is 149 Å². The first kappa shape index (κ1) is 21.8. The number of nitrogens with two attached hydrogens (primary N) is 1. The van der Waals surface area contributed by atoms with Crippen LogP contribution in [0.1, 0.15) is 6.42 Å². The highest BCUT2D eigenvalue weighted by molar-refractivity contribution is 5.85. The molecule has 2 unspecified atom stereocenters. The Kier molecular flexibility index (Phi) is 9.99. The van der Waals surface area contributed by atoms with Crippen molar-refractivity contribution in [2.75, 3.05) is 38.8 Å². The molecule has 23 heavy (non-hydrogen) atoms. The van der Waals surface area contributed by atoms with E-state index in [0.717, 1.165) is 30.9 Å². The van der Waals surface area contributed by atoms with Gasteiger partial charge in [-0.25, -0.2) is 0 Å². The van der Waals surface area contributed by atoms with Crippen LogP contribution in [0.5, 0.6) is 5.75 Å². The molecule has 2 atom stereocenters. The van der Waals surface area contributed by atoms with Gasteiger partial charge in [-0.05, 0) is 18.6 Å². The number of hydrogen-bond acceptors (Lipinski definition) is 5. The summed E-state index contributed by atoms with van der Waals surface area (Å²) in [6.45, 7) is 1.87. The highest BCUT2D eigenvalue weighted by Crippen LogP contribution is 2.30. The predicted octanol–water partition coefficient (Wildman–Crippen LogP) is 1.21. The highest BCUT2D eigenvalue weighted by Gasteiger charge is 2.27. The number of para-hydroxylation sites is 2. The Bertz CT molecular complexity index is 491.